The zero-order chi connectivity index (χ0) is 25.8. The lowest BCUT2D eigenvalue weighted by atomic mass is 10.0. The van der Waals surface area contributed by atoms with Crippen LogP contribution in [0.25, 0.3) is 0 Å². The summed E-state index contributed by atoms with van der Waals surface area (Å²) in [5, 5.41) is 7.96. The minimum absolute atomic E-state index is 0.0449. The molecule has 1 aromatic heterocycles. The van der Waals surface area contributed by atoms with Crippen LogP contribution >= 0.6 is 11.6 Å². The molecule has 2 amide bonds. The summed E-state index contributed by atoms with van der Waals surface area (Å²) in [5.74, 6) is -0.982. The number of rotatable bonds is 7. The fraction of sp³-hybridized carbons (Fsp3) is 0.370. The number of nitrogens with one attached hydrogen (secondary N) is 1. The summed E-state index contributed by atoms with van der Waals surface area (Å²) in [5.41, 5.74) is 1.54. The number of amides is 2. The van der Waals surface area contributed by atoms with Gasteiger partial charge in [-0.15, -0.1) is 0 Å². The molecular weight excluding hydrogens is 483 g/mol. The van der Waals surface area contributed by atoms with Crippen LogP contribution in [0, 0.1) is 5.82 Å². The second kappa shape index (κ2) is 11.1. The lowest BCUT2D eigenvalue weighted by Gasteiger charge is -2.32. The van der Waals surface area contributed by atoms with Crippen molar-refractivity contribution in [3.8, 4) is 5.75 Å². The highest BCUT2D eigenvalue weighted by molar-refractivity contribution is 6.30. The molecule has 3 aromatic rings. The predicted octanol–water partition coefficient (Wildman–Crippen LogP) is 5.68. The summed E-state index contributed by atoms with van der Waals surface area (Å²) < 4.78 is 21.9. The Morgan fingerprint density at radius 2 is 1.81 bits per heavy atom. The minimum Gasteiger partial charge on any atom is -0.491 e. The maximum Gasteiger partial charge on any atom is 0.256 e. The highest BCUT2D eigenvalue weighted by Crippen LogP contribution is 2.26. The van der Waals surface area contributed by atoms with Gasteiger partial charge in [-0.2, -0.15) is 5.10 Å². The molecule has 2 aromatic carbocycles. The first kappa shape index (κ1) is 25.7. The first-order chi connectivity index (χ1) is 17.2. The smallest absolute Gasteiger partial charge is 0.256 e. The van der Waals surface area contributed by atoms with Crippen LogP contribution in [-0.4, -0.2) is 45.7 Å². The average Bonchev–Trinajstić information content (AvgIpc) is 3.32. The number of ether oxygens (including phenoxy) is 1. The molecular formula is C27H30ClFN4O3. The van der Waals surface area contributed by atoms with E-state index < -0.39 is 5.82 Å². The summed E-state index contributed by atoms with van der Waals surface area (Å²) in [6.45, 7) is 6.53. The molecule has 190 valence electrons. The predicted molar refractivity (Wildman–Crippen MR) is 137 cm³/mol. The van der Waals surface area contributed by atoms with E-state index in [-0.39, 0.29) is 35.4 Å². The van der Waals surface area contributed by atoms with Gasteiger partial charge in [-0.05, 0) is 63.4 Å². The maximum absolute atomic E-state index is 14.6. The molecule has 36 heavy (non-hydrogen) atoms. The molecule has 0 saturated carbocycles. The number of hydrogen-bond donors (Lipinski definition) is 1. The van der Waals surface area contributed by atoms with E-state index in [2.05, 4.69) is 10.4 Å². The van der Waals surface area contributed by atoms with Crippen molar-refractivity contribution in [1.82, 2.24) is 14.7 Å². The largest absolute Gasteiger partial charge is 0.491 e. The molecule has 1 unspecified atom stereocenters. The van der Waals surface area contributed by atoms with E-state index in [9.17, 15) is 14.0 Å². The molecule has 1 fully saturated rings. The second-order valence-corrected chi connectivity index (χ2v) is 9.74. The van der Waals surface area contributed by atoms with E-state index in [0.717, 1.165) is 5.56 Å². The highest BCUT2D eigenvalue weighted by Gasteiger charge is 2.27. The van der Waals surface area contributed by atoms with Gasteiger partial charge in [-0.3, -0.25) is 14.3 Å². The van der Waals surface area contributed by atoms with E-state index in [1.165, 1.54) is 12.1 Å². The van der Waals surface area contributed by atoms with Crippen molar-refractivity contribution in [1.29, 1.82) is 0 Å². The number of carbonyl (C=O) groups excluding carboxylic acids is 2. The Balaban J connectivity index is 1.32. The summed E-state index contributed by atoms with van der Waals surface area (Å²) in [7, 11) is 0. The molecule has 1 saturated heterocycles. The van der Waals surface area contributed by atoms with Crippen LogP contribution in [0.1, 0.15) is 61.5 Å². The second-order valence-electron chi connectivity index (χ2n) is 9.30. The molecule has 1 N–H and O–H groups in total. The lowest BCUT2D eigenvalue weighted by molar-refractivity contribution is -0.117. The number of piperidine rings is 1. The van der Waals surface area contributed by atoms with Gasteiger partial charge in [-0.25, -0.2) is 4.39 Å². The normalized spacial score (nSPS) is 15.1. The van der Waals surface area contributed by atoms with Crippen LogP contribution < -0.4 is 10.1 Å². The monoisotopic (exact) mass is 512 g/mol. The Bertz CT molecular complexity index is 1220. The fourth-order valence-corrected chi connectivity index (χ4v) is 4.40. The van der Waals surface area contributed by atoms with E-state index >= 15 is 0 Å². The van der Waals surface area contributed by atoms with Gasteiger partial charge < -0.3 is 15.0 Å². The van der Waals surface area contributed by atoms with Crippen molar-refractivity contribution in [2.75, 3.05) is 18.4 Å². The van der Waals surface area contributed by atoms with Gasteiger partial charge in [-0.1, -0.05) is 23.7 Å². The van der Waals surface area contributed by atoms with E-state index in [1.807, 2.05) is 43.8 Å². The van der Waals surface area contributed by atoms with E-state index in [0.29, 0.717) is 42.4 Å². The van der Waals surface area contributed by atoms with E-state index in [4.69, 9.17) is 16.3 Å². The molecule has 4 rings (SSSR count). The Morgan fingerprint density at radius 1 is 1.11 bits per heavy atom. The summed E-state index contributed by atoms with van der Waals surface area (Å²) in [4.78, 5) is 27.2. The standard InChI is InChI=1S/C27H30ClFN4O3/c1-17(2)36-23-8-9-24(25(29)14-23)27(35)32-12-10-22(11-13-32)33-16-21(15-30-33)31-26(34)18(3)19-4-6-20(28)7-5-19/h4-9,14-18,22H,10-13H2,1-3H3,(H,31,34). The van der Waals surface area contributed by atoms with Gasteiger partial charge in [0.1, 0.15) is 11.6 Å². The molecule has 0 bridgehead atoms. The van der Waals surface area contributed by atoms with Crippen molar-refractivity contribution in [2.24, 2.45) is 0 Å². The first-order valence-corrected chi connectivity index (χ1v) is 12.4. The number of benzene rings is 2. The van der Waals surface area contributed by atoms with Gasteiger partial charge in [0.25, 0.3) is 5.91 Å². The summed E-state index contributed by atoms with van der Waals surface area (Å²) >= 11 is 5.93. The van der Waals surface area contributed by atoms with Crippen molar-refractivity contribution in [3.63, 3.8) is 0 Å². The fourth-order valence-electron chi connectivity index (χ4n) is 4.27. The molecule has 0 aliphatic carbocycles. The maximum atomic E-state index is 14.6. The minimum atomic E-state index is -0.583. The van der Waals surface area contributed by atoms with Crippen molar-refractivity contribution < 1.29 is 18.7 Å². The zero-order valence-electron chi connectivity index (χ0n) is 20.6. The SMILES string of the molecule is CC(C)Oc1ccc(C(=O)N2CCC(n3cc(NC(=O)C(C)c4ccc(Cl)cc4)cn3)CC2)c(F)c1. The van der Waals surface area contributed by atoms with Crippen molar-refractivity contribution >= 4 is 29.1 Å². The molecule has 1 aliphatic rings. The van der Waals surface area contributed by atoms with Gasteiger partial charge in [0.2, 0.25) is 5.91 Å². The molecule has 1 aliphatic heterocycles. The zero-order valence-corrected chi connectivity index (χ0v) is 21.3. The first-order valence-electron chi connectivity index (χ1n) is 12.1. The number of halogens is 2. The number of anilines is 1. The summed E-state index contributed by atoms with van der Waals surface area (Å²) in [6.07, 6.45) is 4.71. The molecule has 1 atom stereocenters. The molecule has 0 radical (unpaired) electrons. The molecule has 9 heteroatoms. The Hall–Kier alpha value is -3.39. The Kier molecular flexibility index (Phi) is 7.94. The molecule has 0 spiro atoms. The molecule has 2 heterocycles. The Labute approximate surface area is 215 Å². The van der Waals surface area contributed by atoms with E-state index in [1.54, 1.807) is 29.3 Å². The van der Waals surface area contributed by atoms with Crippen molar-refractivity contribution in [3.05, 3.63) is 76.8 Å². The quantitative estimate of drug-likeness (QED) is 0.441. The number of nitrogens with zero attached hydrogens (tertiary/aromatic N) is 3. The lowest BCUT2D eigenvalue weighted by Crippen LogP contribution is -2.39. The van der Waals surface area contributed by atoms with Crippen LogP contribution in [0.15, 0.2) is 54.9 Å². The van der Waals surface area contributed by atoms with Crippen LogP contribution in [0.3, 0.4) is 0 Å². The van der Waals surface area contributed by atoms with Gasteiger partial charge >= 0.3 is 0 Å². The molecule has 7 nitrogen and oxygen atoms in total. The van der Waals surface area contributed by atoms with Crippen molar-refractivity contribution in [2.45, 2.75) is 51.7 Å². The third-order valence-corrected chi connectivity index (χ3v) is 6.55. The number of carbonyl (C=O) groups is 2. The highest BCUT2D eigenvalue weighted by atomic mass is 35.5. The number of hydrogen-bond acceptors (Lipinski definition) is 4. The van der Waals surface area contributed by atoms with Crippen LogP contribution in [0.2, 0.25) is 5.02 Å². The van der Waals surface area contributed by atoms with Gasteiger partial charge in [0.05, 0.1) is 35.5 Å². The summed E-state index contributed by atoms with van der Waals surface area (Å²) in [6, 6.07) is 11.6. The third kappa shape index (κ3) is 6.05. The van der Waals surface area contributed by atoms with Gasteiger partial charge in [0.15, 0.2) is 0 Å². The number of aromatic nitrogens is 2. The third-order valence-electron chi connectivity index (χ3n) is 6.30. The number of likely N-dealkylation sites (tertiary alicyclic amines) is 1. The van der Waals surface area contributed by atoms with Gasteiger partial charge in [0, 0.05) is 30.4 Å². The Morgan fingerprint density at radius 3 is 2.44 bits per heavy atom. The average molecular weight is 513 g/mol. The van der Waals surface area contributed by atoms with Crippen LogP contribution in [0.4, 0.5) is 10.1 Å². The van der Waals surface area contributed by atoms with Crippen LogP contribution in [0.5, 0.6) is 5.75 Å². The topological polar surface area (TPSA) is 76.5 Å². The van der Waals surface area contributed by atoms with Crippen LogP contribution in [-0.2, 0) is 4.79 Å².